The van der Waals surface area contributed by atoms with Crippen LogP contribution in [-0.4, -0.2) is 38.2 Å². The summed E-state index contributed by atoms with van der Waals surface area (Å²) < 4.78 is 24.8. The van der Waals surface area contributed by atoms with E-state index in [1.54, 1.807) is 31.4 Å². The largest absolute Gasteiger partial charge is 0.545 e. The summed E-state index contributed by atoms with van der Waals surface area (Å²) in [6.07, 6.45) is 0.217. The van der Waals surface area contributed by atoms with Crippen molar-refractivity contribution in [1.29, 1.82) is 0 Å². The molecule has 0 spiro atoms. The minimum Gasteiger partial charge on any atom is -0.545 e. The Balaban J connectivity index is 1.71. The van der Waals surface area contributed by atoms with Crippen LogP contribution in [0.25, 0.3) is 0 Å². The average Bonchev–Trinajstić information content (AvgIpc) is 3.21. The van der Waals surface area contributed by atoms with E-state index in [2.05, 4.69) is 6.58 Å². The lowest BCUT2D eigenvalue weighted by atomic mass is 9.70. The Kier molecular flexibility index (Phi) is 8.67. The number of allylic oxidation sites excluding steroid dienone is 1. The molecule has 1 aliphatic rings. The standard InChI is InChI=1S/C30H32O6/c1-3-18-30(25-17-11-10-16-24(25)28(31)32)27(35-20-23-14-8-5-9-15-23)26(36-29(30)33-2)21-34-19-22-12-6-4-7-13-22/h3-17,26-27,29H,1,18-21H2,2H3,(H,31,32)/p-1/t26-,27+,29+,30-/m1/s1. The molecule has 0 aromatic heterocycles. The van der Waals surface area contributed by atoms with E-state index in [1.165, 1.54) is 6.07 Å². The van der Waals surface area contributed by atoms with Gasteiger partial charge in [0.25, 0.3) is 0 Å². The molecule has 6 nitrogen and oxygen atoms in total. The fraction of sp³-hybridized carbons (Fsp3) is 0.300. The lowest BCUT2D eigenvalue weighted by molar-refractivity contribution is -0.255. The number of ether oxygens (including phenoxy) is 4. The molecular formula is C30H31O6-. The van der Waals surface area contributed by atoms with Gasteiger partial charge in [0.15, 0.2) is 6.29 Å². The van der Waals surface area contributed by atoms with Crippen LogP contribution in [0.4, 0.5) is 0 Å². The topological polar surface area (TPSA) is 77.1 Å². The summed E-state index contributed by atoms with van der Waals surface area (Å²) >= 11 is 0. The minimum atomic E-state index is -1.27. The lowest BCUT2D eigenvalue weighted by Crippen LogP contribution is -2.49. The summed E-state index contributed by atoms with van der Waals surface area (Å²) in [4.78, 5) is 12.1. The van der Waals surface area contributed by atoms with Crippen molar-refractivity contribution in [3.05, 3.63) is 120 Å². The van der Waals surface area contributed by atoms with Gasteiger partial charge in [0.2, 0.25) is 0 Å². The van der Waals surface area contributed by atoms with E-state index in [1.807, 2.05) is 60.7 Å². The normalized spacial score (nSPS) is 23.4. The van der Waals surface area contributed by atoms with Gasteiger partial charge in [0.1, 0.15) is 12.2 Å². The molecule has 0 unspecified atom stereocenters. The van der Waals surface area contributed by atoms with Crippen LogP contribution in [0.15, 0.2) is 97.6 Å². The molecule has 1 heterocycles. The number of hydrogen-bond donors (Lipinski definition) is 0. The second-order valence-electron chi connectivity index (χ2n) is 8.83. The Hall–Kier alpha value is -3.29. The lowest BCUT2D eigenvalue weighted by Gasteiger charge is -2.39. The third kappa shape index (κ3) is 5.42. The second-order valence-corrected chi connectivity index (χ2v) is 8.83. The van der Waals surface area contributed by atoms with Crippen molar-refractivity contribution in [3.8, 4) is 0 Å². The molecule has 0 N–H and O–H groups in total. The summed E-state index contributed by atoms with van der Waals surface area (Å²) in [5.74, 6) is -1.27. The molecule has 1 aliphatic heterocycles. The third-order valence-corrected chi connectivity index (χ3v) is 6.58. The molecule has 4 atom stereocenters. The zero-order valence-corrected chi connectivity index (χ0v) is 20.4. The highest BCUT2D eigenvalue weighted by Crippen LogP contribution is 2.48. The van der Waals surface area contributed by atoms with Gasteiger partial charge in [-0.3, -0.25) is 0 Å². The van der Waals surface area contributed by atoms with Crippen molar-refractivity contribution in [2.24, 2.45) is 0 Å². The van der Waals surface area contributed by atoms with E-state index < -0.39 is 29.9 Å². The van der Waals surface area contributed by atoms with Gasteiger partial charge in [-0.15, -0.1) is 6.58 Å². The van der Waals surface area contributed by atoms with Crippen molar-refractivity contribution in [1.82, 2.24) is 0 Å². The van der Waals surface area contributed by atoms with Crippen LogP contribution in [0.5, 0.6) is 0 Å². The monoisotopic (exact) mass is 487 g/mol. The first kappa shape index (κ1) is 25.8. The first-order valence-corrected chi connectivity index (χ1v) is 12.0. The van der Waals surface area contributed by atoms with E-state index in [-0.39, 0.29) is 12.2 Å². The molecule has 1 fully saturated rings. The number of carbonyl (C=O) groups excluding carboxylic acids is 1. The van der Waals surface area contributed by atoms with E-state index >= 15 is 0 Å². The second kappa shape index (κ2) is 12.1. The summed E-state index contributed by atoms with van der Waals surface area (Å²) in [5.41, 5.74) is 1.65. The Bertz CT molecular complexity index is 1130. The number of carboxylic acids is 1. The molecule has 0 bridgehead atoms. The maximum Gasteiger partial charge on any atom is 0.170 e. The number of rotatable bonds is 12. The quantitative estimate of drug-likeness (QED) is 0.359. The number of methoxy groups -OCH3 is 1. The van der Waals surface area contributed by atoms with Crippen LogP contribution >= 0.6 is 0 Å². The molecule has 0 amide bonds. The SMILES string of the molecule is C=CC[C@]1(c2ccccc2C(=O)[O-])[C@@H](OC)O[C@H](COCc2ccccc2)[C@@H]1OCc1ccccc1. The van der Waals surface area contributed by atoms with Crippen molar-refractivity contribution < 1.29 is 28.8 Å². The maximum atomic E-state index is 12.1. The van der Waals surface area contributed by atoms with Gasteiger partial charge in [0, 0.05) is 12.7 Å². The predicted octanol–water partition coefficient (Wildman–Crippen LogP) is 4.04. The zero-order chi connectivity index (χ0) is 25.4. The van der Waals surface area contributed by atoms with Gasteiger partial charge in [-0.05, 0) is 23.1 Å². The molecule has 3 aromatic rings. The zero-order valence-electron chi connectivity index (χ0n) is 20.4. The van der Waals surface area contributed by atoms with Crippen LogP contribution in [0.1, 0.15) is 33.5 Å². The summed E-state index contributed by atoms with van der Waals surface area (Å²) in [6.45, 7) is 4.92. The molecule has 4 rings (SSSR count). The molecule has 0 saturated carbocycles. The first-order chi connectivity index (χ1) is 17.6. The highest BCUT2D eigenvalue weighted by molar-refractivity contribution is 5.88. The summed E-state index contributed by atoms with van der Waals surface area (Å²) in [7, 11) is 1.55. The van der Waals surface area contributed by atoms with Crippen LogP contribution in [-0.2, 0) is 37.6 Å². The predicted molar refractivity (Wildman–Crippen MR) is 134 cm³/mol. The fourth-order valence-electron chi connectivity index (χ4n) is 5.00. The molecule has 188 valence electrons. The maximum absolute atomic E-state index is 12.1. The van der Waals surface area contributed by atoms with Crippen molar-refractivity contribution in [2.75, 3.05) is 13.7 Å². The number of aromatic carboxylic acids is 1. The number of carboxylic acid groups (broad SMARTS) is 1. The molecule has 3 aromatic carbocycles. The molecule has 6 heteroatoms. The summed E-state index contributed by atoms with van der Waals surface area (Å²) in [5, 5.41) is 12.1. The third-order valence-electron chi connectivity index (χ3n) is 6.58. The molecule has 0 radical (unpaired) electrons. The van der Waals surface area contributed by atoms with E-state index in [9.17, 15) is 9.90 Å². The molecule has 36 heavy (non-hydrogen) atoms. The molecular weight excluding hydrogens is 456 g/mol. The van der Waals surface area contributed by atoms with Crippen molar-refractivity contribution >= 4 is 5.97 Å². The Morgan fingerprint density at radius 3 is 2.19 bits per heavy atom. The van der Waals surface area contributed by atoms with Crippen molar-refractivity contribution in [3.63, 3.8) is 0 Å². The molecule has 0 aliphatic carbocycles. The van der Waals surface area contributed by atoms with Crippen LogP contribution in [0, 0.1) is 0 Å². The number of hydrogen-bond acceptors (Lipinski definition) is 6. The average molecular weight is 488 g/mol. The first-order valence-electron chi connectivity index (χ1n) is 12.0. The van der Waals surface area contributed by atoms with E-state index in [0.717, 1.165) is 11.1 Å². The minimum absolute atomic E-state index is 0.0733. The van der Waals surface area contributed by atoms with Crippen LogP contribution < -0.4 is 5.11 Å². The highest BCUT2D eigenvalue weighted by atomic mass is 16.7. The Morgan fingerprint density at radius 1 is 0.972 bits per heavy atom. The molecule has 1 saturated heterocycles. The van der Waals surface area contributed by atoms with Gasteiger partial charge >= 0.3 is 0 Å². The van der Waals surface area contributed by atoms with Crippen molar-refractivity contribution in [2.45, 2.75) is 43.5 Å². The number of benzene rings is 3. The van der Waals surface area contributed by atoms with Crippen LogP contribution in [0.2, 0.25) is 0 Å². The van der Waals surface area contributed by atoms with Gasteiger partial charge < -0.3 is 28.8 Å². The fourth-order valence-corrected chi connectivity index (χ4v) is 5.00. The Labute approximate surface area is 212 Å². The smallest absolute Gasteiger partial charge is 0.170 e. The van der Waals surface area contributed by atoms with Gasteiger partial charge in [-0.1, -0.05) is 91.0 Å². The van der Waals surface area contributed by atoms with E-state index in [4.69, 9.17) is 18.9 Å². The highest BCUT2D eigenvalue weighted by Gasteiger charge is 2.59. The van der Waals surface area contributed by atoms with E-state index in [0.29, 0.717) is 25.2 Å². The summed E-state index contributed by atoms with van der Waals surface area (Å²) in [6, 6.07) is 26.5. The van der Waals surface area contributed by atoms with Gasteiger partial charge in [-0.25, -0.2) is 0 Å². The Morgan fingerprint density at radius 2 is 1.58 bits per heavy atom. The number of carbonyl (C=O) groups is 1. The van der Waals surface area contributed by atoms with Crippen LogP contribution in [0.3, 0.4) is 0 Å². The van der Waals surface area contributed by atoms with Gasteiger partial charge in [-0.2, -0.15) is 0 Å². The van der Waals surface area contributed by atoms with Gasteiger partial charge in [0.05, 0.1) is 31.2 Å².